The second-order valence-corrected chi connectivity index (χ2v) is 5.34. The lowest BCUT2D eigenvalue weighted by atomic mass is 10.1. The number of hydrogen-bond acceptors (Lipinski definition) is 4. The molecule has 2 N–H and O–H groups in total. The van der Waals surface area contributed by atoms with Gasteiger partial charge in [-0.25, -0.2) is 0 Å². The highest BCUT2D eigenvalue weighted by molar-refractivity contribution is 5.17. The first-order valence-electron chi connectivity index (χ1n) is 7.41. The molecule has 2 rings (SSSR count). The van der Waals surface area contributed by atoms with Crippen LogP contribution in [0.25, 0.3) is 0 Å². The van der Waals surface area contributed by atoms with Crippen molar-refractivity contribution in [2.75, 3.05) is 26.4 Å². The van der Waals surface area contributed by atoms with Crippen molar-refractivity contribution in [2.24, 2.45) is 0 Å². The van der Waals surface area contributed by atoms with Crippen molar-refractivity contribution in [3.8, 4) is 0 Å². The quantitative estimate of drug-likeness (QED) is 0.800. The first kappa shape index (κ1) is 15.4. The van der Waals surface area contributed by atoms with Crippen molar-refractivity contribution in [3.63, 3.8) is 0 Å². The Hall–Kier alpha value is -0.940. The molecular formula is C16H25NO3. The van der Waals surface area contributed by atoms with Crippen LogP contribution >= 0.6 is 0 Å². The average Bonchev–Trinajstić information content (AvgIpc) is 2.52. The van der Waals surface area contributed by atoms with Gasteiger partial charge in [-0.2, -0.15) is 0 Å². The summed E-state index contributed by atoms with van der Waals surface area (Å²) in [4.78, 5) is 0. The van der Waals surface area contributed by atoms with E-state index < -0.39 is 6.10 Å². The Morgan fingerprint density at radius 3 is 2.70 bits per heavy atom. The van der Waals surface area contributed by atoms with E-state index in [0.717, 1.165) is 26.1 Å². The van der Waals surface area contributed by atoms with Crippen molar-refractivity contribution < 1.29 is 14.6 Å². The Morgan fingerprint density at radius 1 is 1.30 bits per heavy atom. The summed E-state index contributed by atoms with van der Waals surface area (Å²) in [6.07, 6.45) is 1.63. The van der Waals surface area contributed by atoms with Gasteiger partial charge in [0.15, 0.2) is 0 Å². The minimum Gasteiger partial charge on any atom is -0.389 e. The summed E-state index contributed by atoms with van der Waals surface area (Å²) in [7, 11) is 0. The van der Waals surface area contributed by atoms with Gasteiger partial charge < -0.3 is 19.9 Å². The zero-order valence-corrected chi connectivity index (χ0v) is 12.1. The highest BCUT2D eigenvalue weighted by Gasteiger charge is 2.16. The molecular weight excluding hydrogens is 254 g/mol. The molecule has 1 aliphatic heterocycles. The molecule has 0 aromatic heterocycles. The van der Waals surface area contributed by atoms with Crippen LogP contribution in [-0.2, 0) is 9.47 Å². The summed E-state index contributed by atoms with van der Waals surface area (Å²) in [6.45, 7) is 4.56. The van der Waals surface area contributed by atoms with Gasteiger partial charge in [-0.05, 0) is 25.3 Å². The van der Waals surface area contributed by atoms with Crippen LogP contribution in [0.1, 0.15) is 31.4 Å². The van der Waals surface area contributed by atoms with Crippen LogP contribution in [0.3, 0.4) is 0 Å². The number of nitrogens with one attached hydrogen (secondary N) is 1. The number of rotatable bonds is 7. The summed E-state index contributed by atoms with van der Waals surface area (Å²) < 4.78 is 11.0. The van der Waals surface area contributed by atoms with Crippen molar-refractivity contribution in [3.05, 3.63) is 35.9 Å². The Kier molecular flexibility index (Phi) is 6.47. The molecule has 0 amide bonds. The largest absolute Gasteiger partial charge is 0.389 e. The second-order valence-electron chi connectivity index (χ2n) is 5.34. The predicted molar refractivity (Wildman–Crippen MR) is 78.7 cm³/mol. The van der Waals surface area contributed by atoms with Gasteiger partial charge in [0.2, 0.25) is 0 Å². The van der Waals surface area contributed by atoms with Gasteiger partial charge >= 0.3 is 0 Å². The van der Waals surface area contributed by atoms with E-state index in [1.165, 1.54) is 5.56 Å². The molecule has 2 atom stereocenters. The summed E-state index contributed by atoms with van der Waals surface area (Å²) in [5.74, 6) is 0. The molecule has 2 unspecified atom stereocenters. The highest BCUT2D eigenvalue weighted by atomic mass is 16.5. The first-order valence-corrected chi connectivity index (χ1v) is 7.41. The van der Waals surface area contributed by atoms with Crippen LogP contribution in [0.5, 0.6) is 0 Å². The van der Waals surface area contributed by atoms with E-state index in [4.69, 9.17) is 9.47 Å². The predicted octanol–water partition coefficient (Wildman–Crippen LogP) is 1.89. The maximum atomic E-state index is 9.96. The summed E-state index contributed by atoms with van der Waals surface area (Å²) in [6, 6.07) is 10.5. The lowest BCUT2D eigenvalue weighted by Crippen LogP contribution is -2.34. The Labute approximate surface area is 121 Å². The standard InChI is InChI=1S/C16H25NO3/c1-13(14-5-3-2-4-6-14)17-11-15(18)12-20-16-7-9-19-10-8-16/h2-6,13,15-18H,7-12H2,1H3. The summed E-state index contributed by atoms with van der Waals surface area (Å²) in [5, 5.41) is 13.3. The van der Waals surface area contributed by atoms with Crippen LogP contribution < -0.4 is 5.32 Å². The van der Waals surface area contributed by atoms with Crippen molar-refractivity contribution in [2.45, 2.75) is 38.0 Å². The number of hydrogen-bond donors (Lipinski definition) is 2. The molecule has 0 bridgehead atoms. The highest BCUT2D eigenvalue weighted by Crippen LogP contribution is 2.12. The van der Waals surface area contributed by atoms with Gasteiger partial charge in [0, 0.05) is 25.8 Å². The molecule has 1 aromatic carbocycles. The monoisotopic (exact) mass is 279 g/mol. The average molecular weight is 279 g/mol. The zero-order valence-electron chi connectivity index (χ0n) is 12.1. The molecule has 0 radical (unpaired) electrons. The van der Waals surface area contributed by atoms with Gasteiger partial charge in [0.05, 0.1) is 18.8 Å². The molecule has 1 aliphatic rings. The molecule has 20 heavy (non-hydrogen) atoms. The van der Waals surface area contributed by atoms with Crippen LogP contribution in [-0.4, -0.2) is 43.7 Å². The van der Waals surface area contributed by atoms with Gasteiger partial charge in [0.25, 0.3) is 0 Å². The maximum absolute atomic E-state index is 9.96. The van der Waals surface area contributed by atoms with Crippen molar-refractivity contribution >= 4 is 0 Å². The van der Waals surface area contributed by atoms with E-state index in [-0.39, 0.29) is 12.1 Å². The van der Waals surface area contributed by atoms with Gasteiger partial charge in [-0.15, -0.1) is 0 Å². The molecule has 1 aromatic rings. The fraction of sp³-hybridized carbons (Fsp3) is 0.625. The number of aliphatic hydroxyl groups is 1. The third-order valence-electron chi connectivity index (χ3n) is 3.65. The van der Waals surface area contributed by atoms with Gasteiger partial charge in [0.1, 0.15) is 0 Å². The Morgan fingerprint density at radius 2 is 2.00 bits per heavy atom. The third kappa shape index (κ3) is 5.21. The maximum Gasteiger partial charge on any atom is 0.0898 e. The van der Waals surface area contributed by atoms with E-state index >= 15 is 0 Å². The van der Waals surface area contributed by atoms with E-state index in [0.29, 0.717) is 13.2 Å². The second kappa shape index (κ2) is 8.37. The fourth-order valence-electron chi connectivity index (χ4n) is 2.32. The summed E-state index contributed by atoms with van der Waals surface area (Å²) in [5.41, 5.74) is 1.23. The zero-order chi connectivity index (χ0) is 14.2. The molecule has 1 saturated heterocycles. The van der Waals surface area contributed by atoms with Crippen LogP contribution in [0.15, 0.2) is 30.3 Å². The molecule has 1 fully saturated rings. The van der Waals surface area contributed by atoms with Crippen LogP contribution in [0.4, 0.5) is 0 Å². The van der Waals surface area contributed by atoms with Gasteiger partial charge in [-0.1, -0.05) is 30.3 Å². The van der Waals surface area contributed by atoms with Crippen LogP contribution in [0.2, 0.25) is 0 Å². The van der Waals surface area contributed by atoms with E-state index in [1.54, 1.807) is 0 Å². The smallest absolute Gasteiger partial charge is 0.0898 e. The minimum absolute atomic E-state index is 0.230. The minimum atomic E-state index is -0.469. The van der Waals surface area contributed by atoms with Gasteiger partial charge in [-0.3, -0.25) is 0 Å². The lowest BCUT2D eigenvalue weighted by Gasteiger charge is -2.24. The SMILES string of the molecule is CC(NCC(O)COC1CCOCC1)c1ccccc1. The van der Waals surface area contributed by atoms with E-state index in [2.05, 4.69) is 24.4 Å². The first-order chi connectivity index (χ1) is 9.75. The van der Waals surface area contributed by atoms with Crippen molar-refractivity contribution in [1.82, 2.24) is 5.32 Å². The topological polar surface area (TPSA) is 50.7 Å². The fourth-order valence-corrected chi connectivity index (χ4v) is 2.32. The molecule has 0 spiro atoms. The molecule has 0 aliphatic carbocycles. The Balaban J connectivity index is 1.63. The van der Waals surface area contributed by atoms with E-state index in [9.17, 15) is 5.11 Å². The molecule has 4 heteroatoms. The molecule has 0 saturated carbocycles. The lowest BCUT2D eigenvalue weighted by molar-refractivity contribution is -0.0588. The summed E-state index contributed by atoms with van der Waals surface area (Å²) >= 11 is 0. The normalized spacial score (nSPS) is 19.7. The third-order valence-corrected chi connectivity index (χ3v) is 3.65. The Bertz CT molecular complexity index is 365. The molecule has 4 nitrogen and oxygen atoms in total. The number of aliphatic hydroxyl groups excluding tert-OH is 1. The number of benzene rings is 1. The van der Waals surface area contributed by atoms with Crippen molar-refractivity contribution in [1.29, 1.82) is 0 Å². The molecule has 1 heterocycles. The number of ether oxygens (including phenoxy) is 2. The van der Waals surface area contributed by atoms with Crippen LogP contribution in [0, 0.1) is 0 Å². The molecule has 112 valence electrons. The van der Waals surface area contributed by atoms with E-state index in [1.807, 2.05) is 18.2 Å².